The lowest BCUT2D eigenvalue weighted by Crippen LogP contribution is -2.57. The van der Waals surface area contributed by atoms with Crippen LogP contribution in [0.25, 0.3) is 0 Å². The summed E-state index contributed by atoms with van der Waals surface area (Å²) in [5.74, 6) is -0.238. The van der Waals surface area contributed by atoms with E-state index in [9.17, 15) is 9.59 Å². The number of nitrogens with zero attached hydrogens (tertiary/aromatic N) is 1. The Morgan fingerprint density at radius 3 is 2.46 bits per heavy atom. The first-order valence-electron chi connectivity index (χ1n) is 9.80. The molecule has 1 aliphatic heterocycles. The maximum atomic E-state index is 12.2. The predicted molar refractivity (Wildman–Crippen MR) is 101 cm³/mol. The molecule has 2 atom stereocenters. The van der Waals surface area contributed by atoms with Crippen LogP contribution in [-0.2, 0) is 14.3 Å². The normalized spacial score (nSPS) is 29.4. The zero-order valence-corrected chi connectivity index (χ0v) is 15.6. The van der Waals surface area contributed by atoms with Crippen LogP contribution in [-0.4, -0.2) is 47.9 Å². The van der Waals surface area contributed by atoms with Crippen molar-refractivity contribution < 1.29 is 14.3 Å². The smallest absolute Gasteiger partial charge is 0.290 e. The molecule has 26 heavy (non-hydrogen) atoms. The van der Waals surface area contributed by atoms with Crippen LogP contribution >= 0.6 is 0 Å². The molecule has 1 saturated heterocycles. The lowest BCUT2D eigenvalue weighted by molar-refractivity contribution is -0.148. The molecule has 0 spiro atoms. The maximum absolute atomic E-state index is 12.2. The van der Waals surface area contributed by atoms with Crippen LogP contribution in [0.5, 0.6) is 0 Å². The van der Waals surface area contributed by atoms with Crippen molar-refractivity contribution in [2.45, 2.75) is 69.6 Å². The number of rotatable bonds is 5. The number of hydrogen-bond acceptors (Lipinski definition) is 4. The van der Waals surface area contributed by atoms with Crippen LogP contribution in [0, 0.1) is 0 Å². The number of carbonyl (C=O) groups is 2. The van der Waals surface area contributed by atoms with Crippen LogP contribution in [0.15, 0.2) is 30.3 Å². The monoisotopic (exact) mass is 358 g/mol. The van der Waals surface area contributed by atoms with Crippen LogP contribution in [0.4, 0.5) is 0 Å². The van der Waals surface area contributed by atoms with E-state index < -0.39 is 11.7 Å². The number of carbonyl (C=O) groups excluding carboxylic acids is 2. The van der Waals surface area contributed by atoms with Crippen molar-refractivity contribution in [1.29, 1.82) is 0 Å². The Hall–Kier alpha value is -1.72. The molecule has 1 aromatic rings. The molecule has 1 aromatic carbocycles. The summed E-state index contributed by atoms with van der Waals surface area (Å²) in [6.45, 7) is 2.35. The molecule has 142 valence electrons. The fourth-order valence-electron chi connectivity index (χ4n) is 4.28. The zero-order valence-electron chi connectivity index (χ0n) is 15.6. The Kier molecular flexibility index (Phi) is 6.43. The van der Waals surface area contributed by atoms with Gasteiger partial charge in [0.05, 0.1) is 18.8 Å². The third-order valence-corrected chi connectivity index (χ3v) is 5.84. The number of likely N-dealkylation sites (tertiary alicyclic amines) is 1. The Morgan fingerprint density at radius 1 is 1.12 bits per heavy atom. The van der Waals surface area contributed by atoms with Crippen LogP contribution in [0.1, 0.15) is 56.9 Å². The van der Waals surface area contributed by atoms with E-state index in [-0.39, 0.29) is 18.2 Å². The van der Waals surface area contributed by atoms with Gasteiger partial charge in [-0.05, 0) is 50.0 Å². The molecule has 2 aliphatic rings. The summed E-state index contributed by atoms with van der Waals surface area (Å²) in [4.78, 5) is 25.3. The highest BCUT2D eigenvalue weighted by Crippen LogP contribution is 2.34. The molecule has 1 saturated carbocycles. The number of piperidine rings is 1. The minimum Gasteiger partial charge on any atom is -0.376 e. The van der Waals surface area contributed by atoms with Gasteiger partial charge >= 0.3 is 0 Å². The topological polar surface area (TPSA) is 72.6 Å². The number of benzene rings is 1. The van der Waals surface area contributed by atoms with Gasteiger partial charge in [0, 0.05) is 19.5 Å². The van der Waals surface area contributed by atoms with Gasteiger partial charge in [0.25, 0.3) is 5.91 Å². The van der Waals surface area contributed by atoms with Crippen LogP contribution in [0.2, 0.25) is 0 Å². The van der Waals surface area contributed by atoms with Crippen molar-refractivity contribution >= 4 is 11.7 Å². The van der Waals surface area contributed by atoms with Crippen LogP contribution < -0.4 is 5.73 Å². The molecule has 2 N–H and O–H groups in total. The van der Waals surface area contributed by atoms with Gasteiger partial charge in [-0.25, -0.2) is 0 Å². The van der Waals surface area contributed by atoms with Gasteiger partial charge in [-0.15, -0.1) is 0 Å². The molecule has 0 bridgehead atoms. The first-order valence-corrected chi connectivity index (χ1v) is 9.80. The van der Waals surface area contributed by atoms with E-state index in [0.29, 0.717) is 19.1 Å². The van der Waals surface area contributed by atoms with Crippen molar-refractivity contribution in [3.8, 4) is 0 Å². The Labute approximate surface area is 155 Å². The highest BCUT2D eigenvalue weighted by Gasteiger charge is 2.35. The second-order valence-corrected chi connectivity index (χ2v) is 7.65. The van der Waals surface area contributed by atoms with Crippen molar-refractivity contribution in [2.24, 2.45) is 5.73 Å². The summed E-state index contributed by atoms with van der Waals surface area (Å²) in [6, 6.07) is 10.4. The van der Waals surface area contributed by atoms with Gasteiger partial charge in [-0.1, -0.05) is 30.3 Å². The number of Topliss-reactive ketones (excluding diaryl/α,β-unsaturated/α-hetero) is 1. The first-order chi connectivity index (χ1) is 12.6. The Balaban J connectivity index is 1.51. The van der Waals surface area contributed by atoms with Crippen molar-refractivity contribution in [3.63, 3.8) is 0 Å². The van der Waals surface area contributed by atoms with E-state index in [2.05, 4.69) is 30.3 Å². The maximum Gasteiger partial charge on any atom is 0.290 e. The number of amides is 1. The van der Waals surface area contributed by atoms with Gasteiger partial charge in [-0.2, -0.15) is 0 Å². The Bertz CT molecular complexity index is 611. The van der Waals surface area contributed by atoms with E-state index in [4.69, 9.17) is 10.5 Å². The lowest BCUT2D eigenvalue weighted by atomic mass is 9.83. The van der Waals surface area contributed by atoms with Gasteiger partial charge in [0.2, 0.25) is 5.78 Å². The van der Waals surface area contributed by atoms with Crippen LogP contribution in [0.3, 0.4) is 0 Å². The molecular weight excluding hydrogens is 328 g/mol. The largest absolute Gasteiger partial charge is 0.376 e. The first kappa shape index (κ1) is 19.1. The predicted octanol–water partition coefficient (Wildman–Crippen LogP) is 2.64. The SMILES string of the molecule is CC(=O)C(=O)N1CCC[C@H](N)[C@@H]1COC1CCC(c2ccccc2)CC1. The second kappa shape index (κ2) is 8.78. The summed E-state index contributed by atoms with van der Waals surface area (Å²) in [6.07, 6.45) is 6.25. The van der Waals surface area contributed by atoms with Gasteiger partial charge in [-0.3, -0.25) is 9.59 Å². The van der Waals surface area contributed by atoms with Crippen molar-refractivity contribution in [1.82, 2.24) is 4.90 Å². The minimum atomic E-state index is -0.429. The molecule has 1 heterocycles. The highest BCUT2D eigenvalue weighted by atomic mass is 16.5. The summed E-state index contributed by atoms with van der Waals surface area (Å²) in [7, 11) is 0. The molecule has 1 amide bonds. The fraction of sp³-hybridized carbons (Fsp3) is 0.619. The van der Waals surface area contributed by atoms with E-state index in [0.717, 1.165) is 38.5 Å². The number of nitrogens with two attached hydrogens (primary N) is 1. The standard InChI is InChI=1S/C21H30N2O3/c1-15(24)21(25)23-13-5-8-19(22)20(23)14-26-18-11-9-17(10-12-18)16-6-3-2-4-7-16/h2-4,6-7,17-20H,5,8-14,22H2,1H3/t17?,18?,19-,20-/m0/s1. The highest BCUT2D eigenvalue weighted by molar-refractivity contribution is 6.35. The second-order valence-electron chi connectivity index (χ2n) is 7.65. The average molecular weight is 358 g/mol. The number of ketones is 1. The van der Waals surface area contributed by atoms with E-state index in [1.165, 1.54) is 12.5 Å². The van der Waals surface area contributed by atoms with Gasteiger partial charge in [0.15, 0.2) is 0 Å². The quantitative estimate of drug-likeness (QED) is 0.821. The zero-order chi connectivity index (χ0) is 18.5. The molecule has 2 fully saturated rings. The molecule has 3 rings (SSSR count). The van der Waals surface area contributed by atoms with Crippen molar-refractivity contribution in [3.05, 3.63) is 35.9 Å². The molecular formula is C21H30N2O3. The summed E-state index contributed by atoms with van der Waals surface area (Å²) < 4.78 is 6.15. The summed E-state index contributed by atoms with van der Waals surface area (Å²) in [5, 5.41) is 0. The molecule has 1 aliphatic carbocycles. The summed E-state index contributed by atoms with van der Waals surface area (Å²) >= 11 is 0. The van der Waals surface area contributed by atoms with Crippen molar-refractivity contribution in [2.75, 3.05) is 13.2 Å². The Morgan fingerprint density at radius 2 is 1.81 bits per heavy atom. The summed E-state index contributed by atoms with van der Waals surface area (Å²) in [5.41, 5.74) is 7.65. The van der Waals surface area contributed by atoms with E-state index >= 15 is 0 Å². The number of hydrogen-bond donors (Lipinski definition) is 1. The molecule has 0 aromatic heterocycles. The third kappa shape index (κ3) is 4.51. The van der Waals surface area contributed by atoms with E-state index in [1.807, 2.05) is 0 Å². The molecule has 0 unspecified atom stereocenters. The molecule has 5 heteroatoms. The molecule has 0 radical (unpaired) electrons. The minimum absolute atomic E-state index is 0.118. The van der Waals surface area contributed by atoms with Gasteiger partial charge < -0.3 is 15.4 Å². The fourth-order valence-corrected chi connectivity index (χ4v) is 4.28. The van der Waals surface area contributed by atoms with E-state index in [1.54, 1.807) is 4.90 Å². The average Bonchev–Trinajstić information content (AvgIpc) is 2.67. The lowest BCUT2D eigenvalue weighted by Gasteiger charge is -2.40. The molecule has 5 nitrogen and oxygen atoms in total. The number of ether oxygens (including phenoxy) is 1. The van der Waals surface area contributed by atoms with Gasteiger partial charge in [0.1, 0.15) is 0 Å². The third-order valence-electron chi connectivity index (χ3n) is 5.84.